The van der Waals surface area contributed by atoms with Gasteiger partial charge in [0, 0.05) is 0 Å². The average Bonchev–Trinajstić information content (AvgIpc) is 2.97. The molecule has 3 aliphatic heterocycles. The van der Waals surface area contributed by atoms with E-state index >= 15 is 0 Å². The molecular formula is C25H38O17. The standard InChI is InChI=1S/C25H38O17/c26-6-13-16(31)18(33)20(35)23(40-13)39-8-14-17(32)22(42-24-19(34)15(30)12(29)7-38-24)21(36)25(41-14)37-4-3-9-1-2-10(27)11(28)5-9/h1-2,5,12-36H,3-4,6-8H2/t12-,13-,14-,15+,16-,17-,18+,19-,20-,21-,22+,23-,24+,25-/m1/s1. The van der Waals surface area contributed by atoms with Gasteiger partial charge < -0.3 is 84.6 Å². The van der Waals surface area contributed by atoms with Gasteiger partial charge in [-0.05, 0) is 24.1 Å². The van der Waals surface area contributed by atoms with E-state index in [4.69, 9.17) is 28.4 Å². The molecule has 1 aromatic carbocycles. The first-order valence-corrected chi connectivity index (χ1v) is 13.3. The van der Waals surface area contributed by atoms with Crippen LogP contribution >= 0.6 is 0 Å². The summed E-state index contributed by atoms with van der Waals surface area (Å²) < 4.78 is 33.0. The lowest BCUT2D eigenvalue weighted by Gasteiger charge is -2.45. The fourth-order valence-corrected chi connectivity index (χ4v) is 4.80. The fraction of sp³-hybridized carbons (Fsp3) is 0.760. The van der Waals surface area contributed by atoms with Crippen LogP contribution in [0.25, 0.3) is 0 Å². The second-order valence-electron chi connectivity index (χ2n) is 10.3. The first kappa shape index (κ1) is 33.1. The molecule has 0 aromatic heterocycles. The van der Waals surface area contributed by atoms with Gasteiger partial charge in [0.25, 0.3) is 0 Å². The number of aromatic hydroxyl groups is 2. The van der Waals surface area contributed by atoms with E-state index in [0.29, 0.717) is 5.56 Å². The van der Waals surface area contributed by atoms with E-state index in [9.17, 15) is 56.2 Å². The topological polar surface area (TPSA) is 278 Å². The maximum Gasteiger partial charge on any atom is 0.186 e. The van der Waals surface area contributed by atoms with Crippen LogP contribution in [-0.4, -0.2) is 169 Å². The lowest BCUT2D eigenvalue weighted by molar-refractivity contribution is -0.357. The van der Waals surface area contributed by atoms with Crippen LogP contribution in [0.3, 0.4) is 0 Å². The Balaban J connectivity index is 1.45. The van der Waals surface area contributed by atoms with E-state index in [1.807, 2.05) is 0 Å². The lowest BCUT2D eigenvalue weighted by atomic mass is 9.97. The molecule has 3 saturated heterocycles. The first-order valence-electron chi connectivity index (χ1n) is 13.3. The van der Waals surface area contributed by atoms with Gasteiger partial charge in [-0.15, -0.1) is 0 Å². The van der Waals surface area contributed by atoms with Gasteiger partial charge in [-0.2, -0.15) is 0 Å². The third-order valence-electron chi connectivity index (χ3n) is 7.37. The molecule has 3 aliphatic rings. The summed E-state index contributed by atoms with van der Waals surface area (Å²) in [5.41, 5.74) is 0.567. The molecule has 0 spiro atoms. The van der Waals surface area contributed by atoms with Crippen LogP contribution < -0.4 is 0 Å². The third kappa shape index (κ3) is 7.29. The van der Waals surface area contributed by atoms with Crippen LogP contribution in [0.1, 0.15) is 5.56 Å². The molecule has 42 heavy (non-hydrogen) atoms. The minimum absolute atomic E-state index is 0.0947. The summed E-state index contributed by atoms with van der Waals surface area (Å²) in [6.45, 7) is -1.77. The fourth-order valence-electron chi connectivity index (χ4n) is 4.80. The normalized spacial score (nSPS) is 42.9. The highest BCUT2D eigenvalue weighted by atomic mass is 16.7. The zero-order valence-electron chi connectivity index (χ0n) is 22.2. The van der Waals surface area contributed by atoms with Gasteiger partial charge >= 0.3 is 0 Å². The van der Waals surface area contributed by atoms with Gasteiger partial charge in [0.15, 0.2) is 30.4 Å². The van der Waals surface area contributed by atoms with Crippen molar-refractivity contribution in [1.82, 2.24) is 0 Å². The van der Waals surface area contributed by atoms with Crippen molar-refractivity contribution < 1.29 is 84.6 Å². The van der Waals surface area contributed by atoms with Crippen molar-refractivity contribution in [3.05, 3.63) is 23.8 Å². The first-order chi connectivity index (χ1) is 19.9. The van der Waals surface area contributed by atoms with E-state index in [-0.39, 0.29) is 24.5 Å². The molecule has 0 aliphatic carbocycles. The van der Waals surface area contributed by atoms with Crippen molar-refractivity contribution in [3.8, 4) is 11.5 Å². The predicted octanol–water partition coefficient (Wildman–Crippen LogP) is -5.26. The van der Waals surface area contributed by atoms with Gasteiger partial charge in [0.05, 0.1) is 26.4 Å². The minimum atomic E-state index is -1.75. The Morgan fingerprint density at radius 1 is 0.690 bits per heavy atom. The molecule has 240 valence electrons. The van der Waals surface area contributed by atoms with Crippen LogP contribution in [0.2, 0.25) is 0 Å². The molecule has 4 rings (SSSR count). The van der Waals surface area contributed by atoms with Crippen LogP contribution in [0.15, 0.2) is 18.2 Å². The molecule has 3 heterocycles. The average molecular weight is 611 g/mol. The summed E-state index contributed by atoms with van der Waals surface area (Å²) in [5.74, 6) is -0.659. The Morgan fingerprint density at radius 3 is 2.05 bits per heavy atom. The predicted molar refractivity (Wildman–Crippen MR) is 132 cm³/mol. The second-order valence-corrected chi connectivity index (χ2v) is 10.3. The lowest BCUT2D eigenvalue weighted by Crippen LogP contribution is -2.64. The highest BCUT2D eigenvalue weighted by molar-refractivity contribution is 5.40. The van der Waals surface area contributed by atoms with Crippen molar-refractivity contribution >= 4 is 0 Å². The van der Waals surface area contributed by atoms with E-state index < -0.39 is 106 Å². The monoisotopic (exact) mass is 610 g/mol. The van der Waals surface area contributed by atoms with Gasteiger partial charge in [0.1, 0.15) is 67.1 Å². The molecule has 0 bridgehead atoms. The highest BCUT2D eigenvalue weighted by Gasteiger charge is 2.50. The number of aliphatic hydroxyl groups is 9. The Labute approximate surface area is 239 Å². The molecule has 0 amide bonds. The number of hydrogen-bond acceptors (Lipinski definition) is 17. The van der Waals surface area contributed by atoms with Gasteiger partial charge in [-0.25, -0.2) is 0 Å². The number of hydrogen-bond donors (Lipinski definition) is 11. The molecule has 1 aromatic rings. The quantitative estimate of drug-likeness (QED) is 0.110. The van der Waals surface area contributed by atoms with Crippen LogP contribution in [0.4, 0.5) is 0 Å². The molecule has 0 radical (unpaired) electrons. The van der Waals surface area contributed by atoms with Gasteiger partial charge in [0.2, 0.25) is 0 Å². The zero-order chi connectivity index (χ0) is 30.7. The number of benzene rings is 1. The number of ether oxygens (including phenoxy) is 6. The maximum absolute atomic E-state index is 11.0. The largest absolute Gasteiger partial charge is 0.504 e. The Bertz CT molecular complexity index is 998. The summed E-state index contributed by atoms with van der Waals surface area (Å²) in [6, 6.07) is 4.13. The summed E-state index contributed by atoms with van der Waals surface area (Å²) in [4.78, 5) is 0. The Hall–Kier alpha value is -1.78. The molecule has 11 N–H and O–H groups in total. The Kier molecular flexibility index (Phi) is 11.3. The second kappa shape index (κ2) is 14.3. The van der Waals surface area contributed by atoms with E-state index in [1.54, 1.807) is 0 Å². The van der Waals surface area contributed by atoms with Gasteiger partial charge in [-0.1, -0.05) is 6.07 Å². The summed E-state index contributed by atoms with van der Waals surface area (Å²) >= 11 is 0. The third-order valence-corrected chi connectivity index (χ3v) is 7.37. The molecule has 14 atom stereocenters. The van der Waals surface area contributed by atoms with Crippen LogP contribution in [-0.2, 0) is 34.8 Å². The summed E-state index contributed by atoms with van der Waals surface area (Å²) in [5, 5.41) is 111. The zero-order valence-corrected chi connectivity index (χ0v) is 22.2. The van der Waals surface area contributed by atoms with E-state index in [0.717, 1.165) is 0 Å². The van der Waals surface area contributed by atoms with Crippen LogP contribution in [0.5, 0.6) is 11.5 Å². The summed E-state index contributed by atoms with van der Waals surface area (Å²) in [7, 11) is 0. The number of rotatable bonds is 10. The number of phenols is 2. The molecule has 0 saturated carbocycles. The van der Waals surface area contributed by atoms with Gasteiger partial charge in [-0.3, -0.25) is 0 Å². The van der Waals surface area contributed by atoms with Crippen molar-refractivity contribution in [2.45, 2.75) is 92.4 Å². The van der Waals surface area contributed by atoms with Crippen molar-refractivity contribution in [1.29, 1.82) is 0 Å². The van der Waals surface area contributed by atoms with Crippen molar-refractivity contribution in [2.75, 3.05) is 26.4 Å². The highest BCUT2D eigenvalue weighted by Crippen LogP contribution is 2.30. The molecule has 0 unspecified atom stereocenters. The molecule has 17 heteroatoms. The van der Waals surface area contributed by atoms with Crippen molar-refractivity contribution in [2.24, 2.45) is 0 Å². The number of aliphatic hydroxyl groups excluding tert-OH is 9. The van der Waals surface area contributed by atoms with Crippen LogP contribution in [0, 0.1) is 0 Å². The molecular weight excluding hydrogens is 572 g/mol. The molecule has 17 nitrogen and oxygen atoms in total. The number of phenolic OH excluding ortho intramolecular Hbond substituents is 2. The summed E-state index contributed by atoms with van der Waals surface area (Å²) in [6.07, 6.45) is -21.9. The SMILES string of the molecule is OC[C@H]1O[C@@H](OC[C@H]2O[C@@H](OCCc3ccc(O)c(O)c3)[C@H](O)[C@@H](O[C@@H]3OC[C@@H](O)[C@H](O)[C@H]3O)[C@@H]2O)[C@H](O)[C@@H](O)[C@@H]1O. The Morgan fingerprint density at radius 2 is 1.36 bits per heavy atom. The maximum atomic E-state index is 11.0. The van der Waals surface area contributed by atoms with Crippen molar-refractivity contribution in [3.63, 3.8) is 0 Å². The minimum Gasteiger partial charge on any atom is -0.504 e. The van der Waals surface area contributed by atoms with E-state index in [1.165, 1.54) is 18.2 Å². The smallest absolute Gasteiger partial charge is 0.186 e. The van der Waals surface area contributed by atoms with E-state index in [2.05, 4.69) is 0 Å². The molecule has 3 fully saturated rings.